The van der Waals surface area contributed by atoms with Crippen molar-refractivity contribution in [3.63, 3.8) is 0 Å². The number of amidine groups is 1. The Morgan fingerprint density at radius 3 is 2.32 bits per heavy atom. The van der Waals surface area contributed by atoms with Gasteiger partial charge < -0.3 is 5.32 Å². The highest BCUT2D eigenvalue weighted by Gasteiger charge is 2.74. The van der Waals surface area contributed by atoms with E-state index in [0.29, 0.717) is 4.90 Å². The fraction of sp³-hybridized carbons (Fsp3) is 0.158. The van der Waals surface area contributed by atoms with Crippen molar-refractivity contribution in [2.75, 3.05) is 4.90 Å². The molecule has 4 rings (SSSR count). The van der Waals surface area contributed by atoms with Gasteiger partial charge in [-0.2, -0.15) is 18.2 Å². The minimum Gasteiger partial charge on any atom is -0.329 e. The smallest absolute Gasteiger partial charge is 0.329 e. The van der Waals surface area contributed by atoms with E-state index in [1.54, 1.807) is 11.4 Å². The van der Waals surface area contributed by atoms with Gasteiger partial charge in [0.1, 0.15) is 11.8 Å². The monoisotopic (exact) mass is 431 g/mol. The molecule has 5 amide bonds. The largest absolute Gasteiger partial charge is 0.422 e. The number of rotatable bonds is 3. The number of halogens is 3. The van der Waals surface area contributed by atoms with Crippen LogP contribution in [-0.2, 0) is 9.59 Å². The molecule has 3 heterocycles. The number of aromatic nitrogens is 1. The summed E-state index contributed by atoms with van der Waals surface area (Å²) in [6.45, 7) is 0. The molecule has 0 spiro atoms. The molecule has 2 unspecified atom stereocenters. The number of imide groups is 1. The van der Waals surface area contributed by atoms with Gasteiger partial charge in [0, 0.05) is 18.0 Å². The average molecular weight is 431 g/mol. The quantitative estimate of drug-likeness (QED) is 0.762. The normalized spacial score (nSPS) is 23.2. The zero-order valence-corrected chi connectivity index (χ0v) is 15.4. The van der Waals surface area contributed by atoms with Crippen LogP contribution in [0, 0.1) is 5.92 Å². The van der Waals surface area contributed by atoms with E-state index in [1.165, 1.54) is 36.7 Å². The van der Waals surface area contributed by atoms with Gasteiger partial charge in [0.15, 0.2) is 0 Å². The number of anilines is 1. The molecule has 2 aromatic rings. The molecule has 12 heteroatoms. The highest BCUT2D eigenvalue weighted by molar-refractivity contribution is 6.35. The lowest BCUT2D eigenvalue weighted by Gasteiger charge is -2.39. The molecule has 0 saturated carbocycles. The first kappa shape index (κ1) is 20.2. The van der Waals surface area contributed by atoms with Crippen molar-refractivity contribution in [2.45, 2.75) is 11.7 Å². The molecule has 0 bridgehead atoms. The Labute approximate surface area is 172 Å². The van der Waals surface area contributed by atoms with Crippen LogP contribution in [-0.4, -0.2) is 46.3 Å². The lowest BCUT2D eigenvalue weighted by atomic mass is 9.81. The van der Waals surface area contributed by atoms with Gasteiger partial charge in [-0.3, -0.25) is 24.7 Å². The number of pyridine rings is 1. The summed E-state index contributed by atoms with van der Waals surface area (Å²) < 4.78 is 42.9. The van der Waals surface area contributed by atoms with E-state index in [0.717, 1.165) is 12.1 Å². The van der Waals surface area contributed by atoms with Gasteiger partial charge in [0.25, 0.3) is 11.8 Å². The maximum atomic E-state index is 14.3. The van der Waals surface area contributed by atoms with Crippen LogP contribution in [0.1, 0.15) is 10.4 Å². The molecule has 1 fully saturated rings. The zero-order chi connectivity index (χ0) is 22.4. The highest BCUT2D eigenvalue weighted by Crippen LogP contribution is 2.44. The fourth-order valence-corrected chi connectivity index (χ4v) is 3.47. The van der Waals surface area contributed by atoms with Crippen molar-refractivity contribution in [3.8, 4) is 0 Å². The second-order valence-corrected chi connectivity index (χ2v) is 6.67. The van der Waals surface area contributed by atoms with E-state index in [-0.39, 0.29) is 11.3 Å². The fourth-order valence-electron chi connectivity index (χ4n) is 3.47. The van der Waals surface area contributed by atoms with E-state index >= 15 is 0 Å². The highest BCUT2D eigenvalue weighted by atomic mass is 19.4. The van der Waals surface area contributed by atoms with Crippen molar-refractivity contribution < 1.29 is 32.3 Å². The molecule has 2 atom stereocenters. The van der Waals surface area contributed by atoms with Crippen LogP contribution >= 0.6 is 0 Å². The number of hydrogen-bond acceptors (Lipinski definition) is 5. The Bertz CT molecular complexity index is 1120. The second-order valence-electron chi connectivity index (χ2n) is 6.67. The standard InChI is InChI=1S/C19H12F3N5O4/c20-19(21,22)18(26-14(28)10-6-8-23-9-7-10)12-13(24-16(18)30)27(17(31)25-15(12)29)11-4-2-1-3-5-11/h1-9,12H,(H,26,28)(H,25,29,31). The number of urea groups is 1. The Morgan fingerprint density at radius 1 is 1.06 bits per heavy atom. The number of benzene rings is 1. The lowest BCUT2D eigenvalue weighted by Crippen LogP contribution is -2.72. The summed E-state index contributed by atoms with van der Waals surface area (Å²) in [4.78, 5) is 57.9. The SMILES string of the molecule is O=C(NC1(C(F)(F)F)C(=O)N=C2C1C(=O)NC(=O)N2c1ccccc1)c1ccncc1. The number of nitrogens with one attached hydrogen (secondary N) is 2. The number of amides is 5. The van der Waals surface area contributed by atoms with Crippen molar-refractivity contribution in [2.24, 2.45) is 10.9 Å². The molecular formula is C19H12F3N5O4. The van der Waals surface area contributed by atoms with Crippen LogP contribution in [0.3, 0.4) is 0 Å². The van der Waals surface area contributed by atoms with Crippen LogP contribution in [0.2, 0.25) is 0 Å². The van der Waals surface area contributed by atoms with E-state index < -0.39 is 47.2 Å². The minimum atomic E-state index is -5.41. The predicted molar refractivity (Wildman–Crippen MR) is 98.9 cm³/mol. The summed E-state index contributed by atoms with van der Waals surface area (Å²) in [6.07, 6.45) is -3.06. The predicted octanol–water partition coefficient (Wildman–Crippen LogP) is 1.42. The first-order chi connectivity index (χ1) is 14.7. The van der Waals surface area contributed by atoms with Gasteiger partial charge in [-0.05, 0) is 24.3 Å². The van der Waals surface area contributed by atoms with Gasteiger partial charge in [-0.15, -0.1) is 0 Å². The van der Waals surface area contributed by atoms with Gasteiger partial charge in [-0.25, -0.2) is 9.69 Å². The summed E-state index contributed by atoms with van der Waals surface area (Å²) >= 11 is 0. The molecule has 0 radical (unpaired) electrons. The number of hydrogen-bond donors (Lipinski definition) is 2. The number of carbonyl (C=O) groups excluding carboxylic acids is 4. The maximum Gasteiger partial charge on any atom is 0.422 e. The van der Waals surface area contributed by atoms with Gasteiger partial charge in [0.2, 0.25) is 11.4 Å². The third kappa shape index (κ3) is 3.03. The molecule has 1 saturated heterocycles. The van der Waals surface area contributed by atoms with Crippen LogP contribution in [0.4, 0.5) is 23.7 Å². The number of carbonyl (C=O) groups is 4. The summed E-state index contributed by atoms with van der Waals surface area (Å²) in [5.74, 6) is -7.52. The van der Waals surface area contributed by atoms with Crippen molar-refractivity contribution >= 4 is 35.3 Å². The number of alkyl halides is 3. The third-order valence-electron chi connectivity index (χ3n) is 4.88. The van der Waals surface area contributed by atoms with Crippen LogP contribution < -0.4 is 15.5 Å². The Balaban J connectivity index is 1.83. The van der Waals surface area contributed by atoms with Crippen molar-refractivity contribution in [3.05, 3.63) is 60.4 Å². The summed E-state index contributed by atoms with van der Waals surface area (Å²) in [5, 5.41) is 3.47. The first-order valence-electron chi connectivity index (χ1n) is 8.79. The van der Waals surface area contributed by atoms with Crippen LogP contribution in [0.25, 0.3) is 0 Å². The van der Waals surface area contributed by atoms with Crippen LogP contribution in [0.5, 0.6) is 0 Å². The van der Waals surface area contributed by atoms with E-state index in [9.17, 15) is 32.3 Å². The molecule has 2 N–H and O–H groups in total. The number of para-hydroxylation sites is 1. The zero-order valence-electron chi connectivity index (χ0n) is 15.4. The van der Waals surface area contributed by atoms with E-state index in [2.05, 4.69) is 9.98 Å². The molecule has 0 aliphatic carbocycles. The lowest BCUT2D eigenvalue weighted by molar-refractivity contribution is -0.201. The Hall–Kier alpha value is -4.09. The number of fused-ring (bicyclic) bond motifs is 1. The topological polar surface area (TPSA) is 121 Å². The van der Waals surface area contributed by atoms with Crippen LogP contribution in [0.15, 0.2) is 59.9 Å². The first-order valence-corrected chi connectivity index (χ1v) is 8.79. The summed E-state index contributed by atoms with van der Waals surface area (Å²) in [6, 6.07) is 8.61. The summed E-state index contributed by atoms with van der Waals surface area (Å²) in [7, 11) is 0. The number of aliphatic imine (C=N–C) groups is 1. The van der Waals surface area contributed by atoms with Gasteiger partial charge >= 0.3 is 12.2 Å². The maximum absolute atomic E-state index is 14.3. The average Bonchev–Trinajstić information content (AvgIpc) is 3.02. The molecule has 2 aliphatic rings. The molecular weight excluding hydrogens is 419 g/mol. The third-order valence-corrected chi connectivity index (χ3v) is 4.88. The molecule has 2 aliphatic heterocycles. The molecule has 31 heavy (non-hydrogen) atoms. The minimum absolute atomic E-state index is 0.0856. The Kier molecular flexibility index (Phi) is 4.56. The van der Waals surface area contributed by atoms with E-state index in [4.69, 9.17) is 0 Å². The molecule has 9 nitrogen and oxygen atoms in total. The molecule has 158 valence electrons. The summed E-state index contributed by atoms with van der Waals surface area (Å²) in [5.41, 5.74) is -3.82. The van der Waals surface area contributed by atoms with Crippen molar-refractivity contribution in [1.29, 1.82) is 0 Å². The van der Waals surface area contributed by atoms with Gasteiger partial charge in [0.05, 0.1) is 5.69 Å². The second kappa shape index (κ2) is 7.00. The van der Waals surface area contributed by atoms with E-state index in [1.807, 2.05) is 5.32 Å². The molecule has 1 aromatic heterocycles. The Morgan fingerprint density at radius 2 is 1.71 bits per heavy atom. The number of nitrogens with zero attached hydrogens (tertiary/aromatic N) is 3. The van der Waals surface area contributed by atoms with Crippen molar-refractivity contribution in [1.82, 2.24) is 15.6 Å². The van der Waals surface area contributed by atoms with Gasteiger partial charge in [-0.1, -0.05) is 18.2 Å². The molecule has 1 aromatic carbocycles.